The van der Waals surface area contributed by atoms with Gasteiger partial charge < -0.3 is 5.11 Å². The average Bonchev–Trinajstić information content (AvgIpc) is 2.30. The van der Waals surface area contributed by atoms with Crippen molar-refractivity contribution in [3.63, 3.8) is 0 Å². The van der Waals surface area contributed by atoms with E-state index in [2.05, 4.69) is 9.97 Å². The molecule has 0 saturated heterocycles. The summed E-state index contributed by atoms with van der Waals surface area (Å²) in [5.41, 5.74) is 0.727. The second kappa shape index (κ2) is 4.38. The number of benzene rings is 1. The molecule has 2 aromatic rings. The smallest absolute Gasteiger partial charge is 0.161 e. The number of nitrogens with zero attached hydrogens (tertiary/aromatic N) is 2. The van der Waals surface area contributed by atoms with Gasteiger partial charge in [-0.2, -0.15) is 0 Å². The molecule has 76 valence electrons. The molecule has 0 bridgehead atoms. The number of hydrogen-bond donors (Lipinski definition) is 1. The van der Waals surface area contributed by atoms with E-state index in [4.69, 9.17) is 11.6 Å². The molecular weight excluding hydrogens is 212 g/mol. The predicted octanol–water partition coefficient (Wildman–Crippen LogP) is 2.21. The molecule has 0 spiro atoms. The average molecular weight is 221 g/mol. The van der Waals surface area contributed by atoms with Crippen LogP contribution in [0.15, 0.2) is 42.7 Å². The van der Waals surface area contributed by atoms with Crippen LogP contribution in [0.5, 0.6) is 0 Å². The van der Waals surface area contributed by atoms with Crippen molar-refractivity contribution >= 4 is 11.6 Å². The molecule has 1 N–H and O–H groups in total. The summed E-state index contributed by atoms with van der Waals surface area (Å²) in [5, 5.41) is 10.6. The number of aromatic nitrogens is 2. The second-order valence-electron chi connectivity index (χ2n) is 3.06. The Kier molecular flexibility index (Phi) is 2.94. The van der Waals surface area contributed by atoms with Crippen molar-refractivity contribution in [2.24, 2.45) is 0 Å². The van der Waals surface area contributed by atoms with E-state index in [-0.39, 0.29) is 0 Å². The van der Waals surface area contributed by atoms with Crippen molar-refractivity contribution in [3.05, 3.63) is 59.1 Å². The second-order valence-corrected chi connectivity index (χ2v) is 3.50. The summed E-state index contributed by atoms with van der Waals surface area (Å²) in [6, 6.07) is 8.66. The summed E-state index contributed by atoms with van der Waals surface area (Å²) in [4.78, 5) is 7.97. The topological polar surface area (TPSA) is 46.0 Å². The molecule has 0 saturated carbocycles. The zero-order valence-electron chi connectivity index (χ0n) is 7.84. The van der Waals surface area contributed by atoms with E-state index >= 15 is 0 Å². The van der Waals surface area contributed by atoms with Gasteiger partial charge in [0.1, 0.15) is 6.10 Å². The maximum atomic E-state index is 9.91. The lowest BCUT2D eigenvalue weighted by Crippen LogP contribution is -2.04. The molecule has 0 amide bonds. The standard InChI is InChI=1S/C11H9ClN2O/c12-9-4-2-8(3-5-9)10(15)11-13-6-1-7-14-11/h1-7,10,15H. The Bertz CT molecular complexity index is 430. The molecule has 1 aromatic heterocycles. The fourth-order valence-electron chi connectivity index (χ4n) is 1.25. The summed E-state index contributed by atoms with van der Waals surface area (Å²) in [5.74, 6) is 0.389. The Labute approximate surface area is 92.4 Å². The lowest BCUT2D eigenvalue weighted by molar-refractivity contribution is 0.210. The summed E-state index contributed by atoms with van der Waals surface area (Å²) in [6.07, 6.45) is 2.40. The molecule has 0 fully saturated rings. The lowest BCUT2D eigenvalue weighted by atomic mass is 10.1. The van der Waals surface area contributed by atoms with Crippen LogP contribution in [-0.2, 0) is 0 Å². The fourth-order valence-corrected chi connectivity index (χ4v) is 1.37. The number of hydrogen-bond acceptors (Lipinski definition) is 3. The van der Waals surface area contributed by atoms with Gasteiger partial charge in [-0.05, 0) is 23.8 Å². The van der Waals surface area contributed by atoms with Gasteiger partial charge in [0, 0.05) is 17.4 Å². The molecule has 15 heavy (non-hydrogen) atoms. The van der Waals surface area contributed by atoms with E-state index in [1.54, 1.807) is 42.7 Å². The SMILES string of the molecule is OC(c1ccc(Cl)cc1)c1ncccn1. The van der Waals surface area contributed by atoms with Crippen LogP contribution in [0.1, 0.15) is 17.5 Å². The highest BCUT2D eigenvalue weighted by Crippen LogP contribution is 2.19. The maximum absolute atomic E-state index is 9.91. The molecule has 0 radical (unpaired) electrons. The van der Waals surface area contributed by atoms with Gasteiger partial charge in [0.15, 0.2) is 5.82 Å². The van der Waals surface area contributed by atoms with Crippen LogP contribution in [-0.4, -0.2) is 15.1 Å². The van der Waals surface area contributed by atoms with E-state index in [0.29, 0.717) is 10.8 Å². The molecule has 0 aliphatic carbocycles. The van der Waals surface area contributed by atoms with Gasteiger partial charge >= 0.3 is 0 Å². The highest BCUT2D eigenvalue weighted by molar-refractivity contribution is 6.30. The van der Waals surface area contributed by atoms with Crippen molar-refractivity contribution < 1.29 is 5.11 Å². The van der Waals surface area contributed by atoms with E-state index < -0.39 is 6.10 Å². The zero-order chi connectivity index (χ0) is 10.7. The van der Waals surface area contributed by atoms with Crippen molar-refractivity contribution in [2.45, 2.75) is 6.10 Å². The van der Waals surface area contributed by atoms with Crippen molar-refractivity contribution in [3.8, 4) is 0 Å². The molecule has 1 unspecified atom stereocenters. The van der Waals surface area contributed by atoms with Crippen molar-refractivity contribution in [1.29, 1.82) is 0 Å². The van der Waals surface area contributed by atoms with Crippen LogP contribution in [0, 0.1) is 0 Å². The van der Waals surface area contributed by atoms with Crippen LogP contribution in [0.4, 0.5) is 0 Å². The Morgan fingerprint density at radius 3 is 2.27 bits per heavy atom. The summed E-state index contributed by atoms with van der Waals surface area (Å²) >= 11 is 5.75. The fraction of sp³-hybridized carbons (Fsp3) is 0.0909. The van der Waals surface area contributed by atoms with Gasteiger partial charge in [0.25, 0.3) is 0 Å². The molecule has 1 heterocycles. The Morgan fingerprint density at radius 2 is 1.67 bits per heavy atom. The van der Waals surface area contributed by atoms with Gasteiger partial charge in [-0.15, -0.1) is 0 Å². The van der Waals surface area contributed by atoms with E-state index in [0.717, 1.165) is 5.56 Å². The number of aliphatic hydroxyl groups is 1. The highest BCUT2D eigenvalue weighted by atomic mass is 35.5. The summed E-state index contributed by atoms with van der Waals surface area (Å²) in [7, 11) is 0. The number of rotatable bonds is 2. The van der Waals surface area contributed by atoms with E-state index in [9.17, 15) is 5.11 Å². The summed E-state index contributed by atoms with van der Waals surface area (Å²) < 4.78 is 0. The molecule has 1 atom stereocenters. The first-order chi connectivity index (χ1) is 7.27. The maximum Gasteiger partial charge on any atom is 0.161 e. The van der Waals surface area contributed by atoms with Gasteiger partial charge in [0.05, 0.1) is 0 Å². The third kappa shape index (κ3) is 2.32. The van der Waals surface area contributed by atoms with Crippen molar-refractivity contribution in [1.82, 2.24) is 9.97 Å². The first kappa shape index (κ1) is 10.1. The van der Waals surface area contributed by atoms with Gasteiger partial charge in [-0.25, -0.2) is 9.97 Å². The Balaban J connectivity index is 2.29. The van der Waals surface area contributed by atoms with Crippen LogP contribution >= 0.6 is 11.6 Å². The Morgan fingerprint density at radius 1 is 1.07 bits per heavy atom. The van der Waals surface area contributed by atoms with Crippen molar-refractivity contribution in [2.75, 3.05) is 0 Å². The molecule has 0 aliphatic rings. The molecule has 4 heteroatoms. The first-order valence-electron chi connectivity index (χ1n) is 4.48. The molecule has 2 rings (SSSR count). The quantitative estimate of drug-likeness (QED) is 0.844. The largest absolute Gasteiger partial charge is 0.380 e. The lowest BCUT2D eigenvalue weighted by Gasteiger charge is -2.08. The molecule has 3 nitrogen and oxygen atoms in total. The van der Waals surface area contributed by atoms with Crippen LogP contribution in [0.2, 0.25) is 5.02 Å². The Hall–Kier alpha value is -1.45. The monoisotopic (exact) mass is 220 g/mol. The van der Waals surface area contributed by atoms with E-state index in [1.807, 2.05) is 0 Å². The predicted molar refractivity (Wildman–Crippen MR) is 57.5 cm³/mol. The minimum absolute atomic E-state index is 0.389. The van der Waals surface area contributed by atoms with Gasteiger partial charge in [-0.1, -0.05) is 23.7 Å². The third-order valence-corrected chi connectivity index (χ3v) is 2.27. The minimum atomic E-state index is -0.802. The van der Waals surface area contributed by atoms with E-state index in [1.165, 1.54) is 0 Å². The van der Waals surface area contributed by atoms with Gasteiger partial charge in [-0.3, -0.25) is 0 Å². The minimum Gasteiger partial charge on any atom is -0.380 e. The summed E-state index contributed by atoms with van der Waals surface area (Å²) in [6.45, 7) is 0. The zero-order valence-corrected chi connectivity index (χ0v) is 8.59. The molecule has 0 aliphatic heterocycles. The first-order valence-corrected chi connectivity index (χ1v) is 4.85. The van der Waals surface area contributed by atoms with Gasteiger partial charge in [0.2, 0.25) is 0 Å². The normalized spacial score (nSPS) is 12.4. The van der Waals surface area contributed by atoms with Crippen LogP contribution in [0.25, 0.3) is 0 Å². The van der Waals surface area contributed by atoms with Crippen LogP contribution < -0.4 is 0 Å². The third-order valence-electron chi connectivity index (χ3n) is 2.02. The highest BCUT2D eigenvalue weighted by Gasteiger charge is 2.11. The molecule has 1 aromatic carbocycles. The van der Waals surface area contributed by atoms with Crippen LogP contribution in [0.3, 0.4) is 0 Å². The molecular formula is C11H9ClN2O. The number of halogens is 1. The number of aliphatic hydroxyl groups excluding tert-OH is 1.